The average Bonchev–Trinajstić information content (AvgIpc) is 3.25. The molecule has 3 heterocycles. The van der Waals surface area contributed by atoms with Crippen molar-refractivity contribution >= 4 is 11.9 Å². The van der Waals surface area contributed by atoms with Crippen molar-refractivity contribution in [3.05, 3.63) is 24.3 Å². The smallest absolute Gasteiger partial charge is 0.324 e. The van der Waals surface area contributed by atoms with Gasteiger partial charge in [0, 0.05) is 37.9 Å². The Kier molecular flexibility index (Phi) is 4.54. The van der Waals surface area contributed by atoms with Crippen molar-refractivity contribution in [2.24, 2.45) is 0 Å². The summed E-state index contributed by atoms with van der Waals surface area (Å²) in [5.74, 6) is -0.224. The molecule has 24 heavy (non-hydrogen) atoms. The van der Waals surface area contributed by atoms with Gasteiger partial charge < -0.3 is 5.32 Å². The molecule has 1 saturated heterocycles. The van der Waals surface area contributed by atoms with Gasteiger partial charge in [-0.15, -0.1) is 10.2 Å². The molecule has 1 aliphatic heterocycles. The Morgan fingerprint density at radius 2 is 2.08 bits per heavy atom. The fourth-order valence-corrected chi connectivity index (χ4v) is 2.54. The maximum atomic E-state index is 12.4. The number of nitrogens with zero attached hydrogens (tertiary/aromatic N) is 7. The summed E-state index contributed by atoms with van der Waals surface area (Å²) in [6.45, 7) is 4.94. The summed E-state index contributed by atoms with van der Waals surface area (Å²) in [7, 11) is 0. The second-order valence-corrected chi connectivity index (χ2v) is 6.00. The van der Waals surface area contributed by atoms with Crippen LogP contribution in [-0.4, -0.2) is 59.4 Å². The normalized spacial score (nSPS) is 17.8. The van der Waals surface area contributed by atoms with E-state index in [1.165, 1.54) is 4.90 Å². The van der Waals surface area contributed by atoms with Crippen molar-refractivity contribution in [1.82, 2.24) is 40.2 Å². The Hall–Kier alpha value is -2.78. The number of hydrogen-bond acceptors (Lipinski definition) is 6. The zero-order valence-electron chi connectivity index (χ0n) is 13.7. The van der Waals surface area contributed by atoms with Crippen molar-refractivity contribution < 1.29 is 9.59 Å². The maximum Gasteiger partial charge on any atom is 0.324 e. The molecule has 0 bridgehead atoms. The highest BCUT2D eigenvalue weighted by Crippen LogP contribution is 2.12. The van der Waals surface area contributed by atoms with Gasteiger partial charge in [0.05, 0.1) is 11.9 Å². The van der Waals surface area contributed by atoms with Gasteiger partial charge in [0.2, 0.25) is 0 Å². The Balaban J connectivity index is 1.54. The van der Waals surface area contributed by atoms with E-state index in [9.17, 15) is 9.59 Å². The van der Waals surface area contributed by atoms with Crippen molar-refractivity contribution in [2.45, 2.75) is 45.3 Å². The predicted molar refractivity (Wildman–Crippen MR) is 82.8 cm³/mol. The number of imide groups is 1. The number of urea groups is 1. The first-order valence-electron chi connectivity index (χ1n) is 7.91. The summed E-state index contributed by atoms with van der Waals surface area (Å²) in [5, 5.41) is 18.3. The third-order valence-electron chi connectivity index (χ3n) is 3.85. The standard InChI is InChI=1S/C14H20N8O2/c1-10(2)22-9-11(17-19-22)8-12-13(23)21(14(24)16-12)6-3-5-20-7-4-15-18-20/h4,7,9-10,12H,3,5-6,8H2,1-2H3,(H,16,24). The maximum absolute atomic E-state index is 12.4. The number of carbonyl (C=O) groups excluding carboxylic acids is 2. The summed E-state index contributed by atoms with van der Waals surface area (Å²) >= 11 is 0. The molecule has 1 fully saturated rings. The van der Waals surface area contributed by atoms with Crippen LogP contribution in [0.25, 0.3) is 0 Å². The molecule has 2 aromatic heterocycles. The van der Waals surface area contributed by atoms with Gasteiger partial charge in [-0.1, -0.05) is 10.4 Å². The molecule has 3 rings (SSSR count). The molecule has 0 saturated carbocycles. The zero-order valence-corrected chi connectivity index (χ0v) is 13.7. The average molecular weight is 332 g/mol. The van der Waals surface area contributed by atoms with E-state index in [4.69, 9.17) is 0 Å². The van der Waals surface area contributed by atoms with Gasteiger partial charge in [-0.3, -0.25) is 14.4 Å². The van der Waals surface area contributed by atoms with E-state index in [2.05, 4.69) is 25.9 Å². The molecule has 1 N–H and O–H groups in total. The molecule has 3 amide bonds. The van der Waals surface area contributed by atoms with Crippen LogP contribution in [0.3, 0.4) is 0 Å². The Labute approximate surface area is 138 Å². The second-order valence-electron chi connectivity index (χ2n) is 6.00. The Bertz CT molecular complexity index is 708. The summed E-state index contributed by atoms with van der Waals surface area (Å²) in [6.07, 6.45) is 6.11. The predicted octanol–water partition coefficient (Wildman–Crippen LogP) is 0.00370. The van der Waals surface area contributed by atoms with Crippen LogP contribution in [0.15, 0.2) is 18.6 Å². The van der Waals surface area contributed by atoms with Gasteiger partial charge in [-0.25, -0.2) is 9.48 Å². The van der Waals surface area contributed by atoms with Crippen LogP contribution in [0, 0.1) is 0 Å². The largest absolute Gasteiger partial charge is 0.325 e. The van der Waals surface area contributed by atoms with Crippen LogP contribution < -0.4 is 5.32 Å². The van der Waals surface area contributed by atoms with Crippen molar-refractivity contribution in [2.75, 3.05) is 6.54 Å². The highest BCUT2D eigenvalue weighted by molar-refractivity contribution is 6.04. The van der Waals surface area contributed by atoms with Gasteiger partial charge in [0.25, 0.3) is 5.91 Å². The topological polar surface area (TPSA) is 111 Å². The SMILES string of the molecule is CC(C)n1cc(CC2NC(=O)N(CCCn3ccnn3)C2=O)nn1. The van der Waals surface area contributed by atoms with Crippen LogP contribution in [0.5, 0.6) is 0 Å². The lowest BCUT2D eigenvalue weighted by molar-refractivity contribution is -0.127. The number of rotatable bonds is 7. The highest BCUT2D eigenvalue weighted by Gasteiger charge is 2.37. The minimum atomic E-state index is -0.582. The minimum absolute atomic E-state index is 0.202. The number of hydrogen-bond donors (Lipinski definition) is 1. The first-order valence-corrected chi connectivity index (χ1v) is 7.91. The highest BCUT2D eigenvalue weighted by atomic mass is 16.2. The summed E-state index contributed by atoms with van der Waals surface area (Å²) < 4.78 is 3.40. The summed E-state index contributed by atoms with van der Waals surface area (Å²) in [4.78, 5) is 25.7. The van der Waals surface area contributed by atoms with Crippen LogP contribution >= 0.6 is 0 Å². The van der Waals surface area contributed by atoms with Crippen molar-refractivity contribution in [3.8, 4) is 0 Å². The van der Waals surface area contributed by atoms with Crippen molar-refractivity contribution in [3.63, 3.8) is 0 Å². The molecule has 2 aromatic rings. The lowest BCUT2D eigenvalue weighted by Gasteiger charge is -2.12. The number of carbonyl (C=O) groups is 2. The van der Waals surface area contributed by atoms with Gasteiger partial charge >= 0.3 is 6.03 Å². The second kappa shape index (κ2) is 6.77. The van der Waals surface area contributed by atoms with Crippen LogP contribution in [0.1, 0.15) is 32.0 Å². The molecular weight excluding hydrogens is 312 g/mol. The molecule has 0 aromatic carbocycles. The molecule has 0 aliphatic carbocycles. The first kappa shape index (κ1) is 16.1. The number of amides is 3. The van der Waals surface area contributed by atoms with E-state index in [-0.39, 0.29) is 18.0 Å². The fourth-order valence-electron chi connectivity index (χ4n) is 2.54. The minimum Gasteiger partial charge on any atom is -0.325 e. The molecule has 128 valence electrons. The van der Waals surface area contributed by atoms with Gasteiger partial charge in [0.15, 0.2) is 0 Å². The van der Waals surface area contributed by atoms with Crippen molar-refractivity contribution in [1.29, 1.82) is 0 Å². The van der Waals surface area contributed by atoms with Crippen LogP contribution in [-0.2, 0) is 17.8 Å². The molecule has 1 atom stereocenters. The Morgan fingerprint density at radius 1 is 1.25 bits per heavy atom. The molecule has 1 unspecified atom stereocenters. The van der Waals surface area contributed by atoms with Crippen LogP contribution in [0.2, 0.25) is 0 Å². The van der Waals surface area contributed by atoms with E-state index >= 15 is 0 Å². The molecule has 0 spiro atoms. The third-order valence-corrected chi connectivity index (χ3v) is 3.85. The van der Waals surface area contributed by atoms with E-state index in [0.717, 1.165) is 0 Å². The van der Waals surface area contributed by atoms with E-state index < -0.39 is 6.04 Å². The zero-order chi connectivity index (χ0) is 17.1. The molecule has 10 heteroatoms. The number of aromatic nitrogens is 6. The van der Waals surface area contributed by atoms with E-state index in [1.807, 2.05) is 13.8 Å². The quantitative estimate of drug-likeness (QED) is 0.715. The lowest BCUT2D eigenvalue weighted by atomic mass is 10.1. The molecule has 0 radical (unpaired) electrons. The first-order chi connectivity index (χ1) is 11.5. The molecule has 10 nitrogen and oxygen atoms in total. The molecular formula is C14H20N8O2. The van der Waals surface area contributed by atoms with E-state index in [0.29, 0.717) is 31.6 Å². The molecule has 1 aliphatic rings. The van der Waals surface area contributed by atoms with E-state index in [1.54, 1.807) is 28.0 Å². The fraction of sp³-hybridized carbons (Fsp3) is 0.571. The lowest BCUT2D eigenvalue weighted by Crippen LogP contribution is -2.33. The summed E-state index contributed by atoms with van der Waals surface area (Å²) in [6, 6.07) is -0.741. The van der Waals surface area contributed by atoms with Gasteiger partial charge in [-0.05, 0) is 20.3 Å². The van der Waals surface area contributed by atoms with Gasteiger partial charge in [-0.2, -0.15) is 0 Å². The Morgan fingerprint density at radius 3 is 2.75 bits per heavy atom. The number of aryl methyl sites for hydroxylation is 1. The van der Waals surface area contributed by atoms with Gasteiger partial charge in [0.1, 0.15) is 6.04 Å². The number of nitrogens with one attached hydrogen (secondary N) is 1. The van der Waals surface area contributed by atoms with Crippen LogP contribution in [0.4, 0.5) is 4.79 Å². The third kappa shape index (κ3) is 3.42. The summed E-state index contributed by atoms with van der Waals surface area (Å²) in [5.41, 5.74) is 0.687. The monoisotopic (exact) mass is 332 g/mol.